The van der Waals surface area contributed by atoms with E-state index in [1.54, 1.807) is 24.3 Å². The van der Waals surface area contributed by atoms with Crippen LogP contribution in [0.1, 0.15) is 17.3 Å². The maximum Gasteiger partial charge on any atom is 0.259 e. The summed E-state index contributed by atoms with van der Waals surface area (Å²) in [7, 11) is -2.25. The highest BCUT2D eigenvalue weighted by Gasteiger charge is 2.27. The fourth-order valence-corrected chi connectivity index (χ4v) is 4.44. The lowest BCUT2D eigenvalue weighted by Crippen LogP contribution is -2.40. The molecule has 3 rings (SSSR count). The van der Waals surface area contributed by atoms with Crippen LogP contribution in [0.3, 0.4) is 0 Å². The number of nitrogens with zero attached hydrogens (tertiary/aromatic N) is 1. The summed E-state index contributed by atoms with van der Waals surface area (Å²) in [5.41, 5.74) is 0.607. The number of hydrogen-bond donors (Lipinski definition) is 1. The number of benzene rings is 2. The summed E-state index contributed by atoms with van der Waals surface area (Å²) in [5.74, 6) is 0.380. The van der Waals surface area contributed by atoms with Crippen LogP contribution in [0.2, 0.25) is 0 Å². The topological polar surface area (TPSA) is 94.2 Å². The van der Waals surface area contributed by atoms with Crippen molar-refractivity contribution in [3.8, 4) is 11.5 Å². The summed E-state index contributed by atoms with van der Waals surface area (Å²) in [6.45, 7) is 3.54. The molecular weight excluding hydrogens is 396 g/mol. The second-order valence-electron chi connectivity index (χ2n) is 6.26. The Labute approximate surface area is 170 Å². The predicted octanol–water partition coefficient (Wildman–Crippen LogP) is 2.37. The molecule has 0 saturated carbocycles. The fourth-order valence-electron chi connectivity index (χ4n) is 3.01. The molecule has 0 radical (unpaired) electrons. The molecule has 0 aromatic heterocycles. The Morgan fingerprint density at radius 1 is 1.14 bits per heavy atom. The van der Waals surface area contributed by atoms with Crippen LogP contribution < -0.4 is 14.8 Å². The van der Waals surface area contributed by atoms with Gasteiger partial charge in [0.25, 0.3) is 5.91 Å². The number of anilines is 1. The van der Waals surface area contributed by atoms with Crippen LogP contribution in [-0.4, -0.2) is 58.7 Å². The maximum absolute atomic E-state index is 12.9. The Kier molecular flexibility index (Phi) is 6.73. The highest BCUT2D eigenvalue weighted by molar-refractivity contribution is 7.89. The molecule has 1 aliphatic rings. The predicted molar refractivity (Wildman–Crippen MR) is 108 cm³/mol. The first-order chi connectivity index (χ1) is 14.0. The van der Waals surface area contributed by atoms with Crippen LogP contribution in [0.15, 0.2) is 47.4 Å². The zero-order valence-corrected chi connectivity index (χ0v) is 17.2. The van der Waals surface area contributed by atoms with Gasteiger partial charge in [0.2, 0.25) is 10.0 Å². The molecule has 1 fully saturated rings. The SMILES string of the molecule is CCOc1ccccc1C(=O)Nc1cc(S(=O)(=O)N2CCOCC2)ccc1OC. The van der Waals surface area contributed by atoms with Gasteiger partial charge in [-0.25, -0.2) is 8.42 Å². The molecule has 29 heavy (non-hydrogen) atoms. The van der Waals surface area contributed by atoms with E-state index in [0.717, 1.165) is 0 Å². The van der Waals surface area contributed by atoms with Crippen molar-refractivity contribution in [1.29, 1.82) is 0 Å². The number of ether oxygens (including phenoxy) is 3. The van der Waals surface area contributed by atoms with Gasteiger partial charge in [0, 0.05) is 13.1 Å². The number of carbonyl (C=O) groups is 1. The van der Waals surface area contributed by atoms with Gasteiger partial charge in [-0.3, -0.25) is 4.79 Å². The number of rotatable bonds is 7. The normalized spacial score (nSPS) is 15.0. The van der Waals surface area contributed by atoms with Gasteiger partial charge in [-0.1, -0.05) is 12.1 Å². The lowest BCUT2D eigenvalue weighted by molar-refractivity contribution is 0.0730. The number of hydrogen-bond acceptors (Lipinski definition) is 6. The van der Waals surface area contributed by atoms with Gasteiger partial charge in [0.05, 0.1) is 43.1 Å². The first-order valence-electron chi connectivity index (χ1n) is 9.26. The summed E-state index contributed by atoms with van der Waals surface area (Å²) in [5, 5.41) is 2.74. The summed E-state index contributed by atoms with van der Waals surface area (Å²) in [6, 6.07) is 11.2. The van der Waals surface area contributed by atoms with Crippen LogP contribution in [0, 0.1) is 0 Å². The van der Waals surface area contributed by atoms with E-state index >= 15 is 0 Å². The van der Waals surface area contributed by atoms with Crippen LogP contribution in [-0.2, 0) is 14.8 Å². The first-order valence-corrected chi connectivity index (χ1v) is 10.7. The van der Waals surface area contributed by atoms with Crippen molar-refractivity contribution in [3.05, 3.63) is 48.0 Å². The molecule has 9 heteroatoms. The second-order valence-corrected chi connectivity index (χ2v) is 8.20. The Morgan fingerprint density at radius 2 is 1.86 bits per heavy atom. The van der Waals surface area contributed by atoms with Crippen molar-refractivity contribution in [2.75, 3.05) is 45.3 Å². The van der Waals surface area contributed by atoms with Crippen molar-refractivity contribution in [3.63, 3.8) is 0 Å². The molecule has 0 unspecified atom stereocenters. The zero-order chi connectivity index (χ0) is 20.9. The molecule has 0 spiro atoms. The summed E-state index contributed by atoms with van der Waals surface area (Å²) in [6.07, 6.45) is 0. The number of amides is 1. The average Bonchev–Trinajstić information content (AvgIpc) is 2.75. The zero-order valence-electron chi connectivity index (χ0n) is 16.4. The maximum atomic E-state index is 12.9. The van der Waals surface area contributed by atoms with Crippen LogP contribution >= 0.6 is 0 Å². The fraction of sp³-hybridized carbons (Fsp3) is 0.350. The van der Waals surface area contributed by atoms with E-state index in [2.05, 4.69) is 5.32 Å². The van der Waals surface area contributed by atoms with Crippen molar-refractivity contribution in [2.45, 2.75) is 11.8 Å². The van der Waals surface area contributed by atoms with Crippen LogP contribution in [0.5, 0.6) is 11.5 Å². The number of methoxy groups -OCH3 is 1. The van der Waals surface area contributed by atoms with Gasteiger partial charge in [0.15, 0.2) is 0 Å². The molecule has 8 nitrogen and oxygen atoms in total. The monoisotopic (exact) mass is 420 g/mol. The Bertz CT molecular complexity index is 971. The van der Waals surface area contributed by atoms with E-state index < -0.39 is 15.9 Å². The second kappa shape index (κ2) is 9.25. The minimum absolute atomic E-state index is 0.0774. The third-order valence-corrected chi connectivity index (χ3v) is 6.35. The van der Waals surface area contributed by atoms with Crippen LogP contribution in [0.4, 0.5) is 5.69 Å². The van der Waals surface area contributed by atoms with Gasteiger partial charge in [-0.15, -0.1) is 0 Å². The van der Waals surface area contributed by atoms with Gasteiger partial charge in [-0.05, 0) is 37.3 Å². The molecule has 2 aromatic rings. The number of nitrogens with one attached hydrogen (secondary N) is 1. The van der Waals surface area contributed by atoms with E-state index in [-0.39, 0.29) is 23.7 Å². The third-order valence-electron chi connectivity index (χ3n) is 4.46. The molecule has 1 aliphatic heterocycles. The number of morpholine rings is 1. The largest absolute Gasteiger partial charge is 0.495 e. The van der Waals surface area contributed by atoms with Gasteiger partial charge >= 0.3 is 0 Å². The van der Waals surface area contributed by atoms with Crippen molar-refractivity contribution in [2.24, 2.45) is 0 Å². The van der Waals surface area contributed by atoms with E-state index in [1.165, 1.54) is 29.6 Å². The molecule has 0 atom stereocenters. The van der Waals surface area contributed by atoms with Crippen molar-refractivity contribution >= 4 is 21.6 Å². The van der Waals surface area contributed by atoms with Gasteiger partial charge in [-0.2, -0.15) is 4.31 Å². The molecule has 1 saturated heterocycles. The number of sulfonamides is 1. The van der Waals surface area contributed by atoms with Crippen molar-refractivity contribution in [1.82, 2.24) is 4.31 Å². The summed E-state index contributed by atoms with van der Waals surface area (Å²) >= 11 is 0. The minimum Gasteiger partial charge on any atom is -0.495 e. The van der Waals surface area contributed by atoms with Gasteiger partial charge in [0.1, 0.15) is 11.5 Å². The third kappa shape index (κ3) is 4.69. The summed E-state index contributed by atoms with van der Waals surface area (Å²) < 4.78 is 43.3. The number of para-hydroxylation sites is 1. The smallest absolute Gasteiger partial charge is 0.259 e. The molecule has 156 valence electrons. The molecular formula is C20H24N2O6S. The van der Waals surface area contributed by atoms with E-state index in [0.29, 0.717) is 36.9 Å². The van der Waals surface area contributed by atoms with E-state index in [1.807, 2.05) is 6.92 Å². The molecule has 1 amide bonds. The highest BCUT2D eigenvalue weighted by atomic mass is 32.2. The Balaban J connectivity index is 1.91. The van der Waals surface area contributed by atoms with Crippen LogP contribution in [0.25, 0.3) is 0 Å². The standard InChI is InChI=1S/C20H24N2O6S/c1-3-28-18-7-5-4-6-16(18)20(23)21-17-14-15(8-9-19(17)26-2)29(24,25)22-10-12-27-13-11-22/h4-9,14H,3,10-13H2,1-2H3,(H,21,23). The summed E-state index contributed by atoms with van der Waals surface area (Å²) in [4.78, 5) is 12.9. The molecule has 0 aliphatic carbocycles. The van der Waals surface area contributed by atoms with E-state index in [9.17, 15) is 13.2 Å². The van der Waals surface area contributed by atoms with Crippen molar-refractivity contribution < 1.29 is 27.4 Å². The minimum atomic E-state index is -3.70. The highest BCUT2D eigenvalue weighted by Crippen LogP contribution is 2.30. The first kappa shape index (κ1) is 21.1. The lowest BCUT2D eigenvalue weighted by Gasteiger charge is -2.26. The molecule has 1 N–H and O–H groups in total. The quantitative estimate of drug-likeness (QED) is 0.739. The molecule has 2 aromatic carbocycles. The van der Waals surface area contributed by atoms with Gasteiger partial charge < -0.3 is 19.5 Å². The molecule has 1 heterocycles. The Morgan fingerprint density at radius 3 is 2.55 bits per heavy atom. The lowest BCUT2D eigenvalue weighted by atomic mass is 10.1. The van der Waals surface area contributed by atoms with E-state index in [4.69, 9.17) is 14.2 Å². The Hall–Kier alpha value is -2.62. The number of carbonyl (C=O) groups excluding carboxylic acids is 1. The molecule has 0 bridgehead atoms. The average molecular weight is 420 g/mol.